The molecule has 2 heterocycles. The molecule has 7 nitrogen and oxygen atoms in total. The number of ketones is 1. The lowest BCUT2D eigenvalue weighted by molar-refractivity contribution is -0.122. The summed E-state index contributed by atoms with van der Waals surface area (Å²) < 4.78 is 12.7. The summed E-state index contributed by atoms with van der Waals surface area (Å²) >= 11 is 6.38. The Balaban J connectivity index is 1.29. The highest BCUT2D eigenvalue weighted by Crippen LogP contribution is 2.45. The van der Waals surface area contributed by atoms with Crippen LogP contribution >= 0.6 is 18.7 Å². The molecule has 2 aliphatic rings. The molecule has 2 aromatic carbocycles. The first-order valence-electron chi connectivity index (χ1n) is 12.2. The molecule has 1 aromatic heterocycles. The number of aromatic nitrogens is 2. The molecule has 188 valence electrons. The van der Waals surface area contributed by atoms with Crippen molar-refractivity contribution in [3.05, 3.63) is 59.2 Å². The zero-order valence-electron chi connectivity index (χ0n) is 20.8. The Hall–Kier alpha value is -2.89. The molecule has 0 radical (unpaired) electrons. The number of carbonyl (C=O) groups is 1. The topological polar surface area (TPSA) is 87.2 Å². The van der Waals surface area contributed by atoms with E-state index in [1.165, 1.54) is 11.3 Å². The van der Waals surface area contributed by atoms with Gasteiger partial charge in [-0.25, -0.2) is 4.98 Å². The summed E-state index contributed by atoms with van der Waals surface area (Å²) in [7, 11) is -2.49. The summed E-state index contributed by atoms with van der Waals surface area (Å²) in [6, 6.07) is 13.7. The van der Waals surface area contributed by atoms with Crippen molar-refractivity contribution in [3.63, 3.8) is 0 Å². The molecule has 2 fully saturated rings. The maximum atomic E-state index is 12.7. The first kappa shape index (κ1) is 24.8. The van der Waals surface area contributed by atoms with Crippen molar-refractivity contribution >= 4 is 58.7 Å². The highest BCUT2D eigenvalue weighted by molar-refractivity contribution is 7.70. The van der Waals surface area contributed by atoms with Crippen LogP contribution in [0, 0.1) is 12.3 Å². The smallest absolute Gasteiger partial charge is 0.229 e. The summed E-state index contributed by atoms with van der Waals surface area (Å²) in [6.07, 6.45) is 5.05. The summed E-state index contributed by atoms with van der Waals surface area (Å²) in [4.78, 5) is 22.9. The second kappa shape index (κ2) is 9.53. The standard InChI is InChI=1S/C27H31ClN5O2P/c1-18-14-19(8-9-23(18)33-16-27(17-33)12-10-20(34)11-13-27)30-26-29-15-21(28)25(32-26)31-22-6-4-5-7-24(22)36(2,3)35/h4-9,14-15H,10-13,16-17H2,1-3H3,(H2,29,30,31,32). The van der Waals surface area contributed by atoms with E-state index in [2.05, 4.69) is 44.6 Å². The molecule has 0 bridgehead atoms. The van der Waals surface area contributed by atoms with Crippen LogP contribution in [0.15, 0.2) is 48.7 Å². The molecule has 0 amide bonds. The maximum absolute atomic E-state index is 12.7. The van der Waals surface area contributed by atoms with Crippen molar-refractivity contribution in [1.29, 1.82) is 0 Å². The molecule has 1 aliphatic carbocycles. The van der Waals surface area contributed by atoms with Crippen molar-refractivity contribution in [2.45, 2.75) is 32.6 Å². The van der Waals surface area contributed by atoms with E-state index in [-0.39, 0.29) is 0 Å². The molecule has 3 aromatic rings. The van der Waals surface area contributed by atoms with Crippen LogP contribution in [-0.4, -0.2) is 42.2 Å². The van der Waals surface area contributed by atoms with Crippen LogP contribution in [0.25, 0.3) is 0 Å². The van der Waals surface area contributed by atoms with Crippen molar-refractivity contribution in [1.82, 2.24) is 9.97 Å². The van der Waals surface area contributed by atoms with Crippen LogP contribution in [0.3, 0.4) is 0 Å². The van der Waals surface area contributed by atoms with Gasteiger partial charge in [-0.05, 0) is 69.0 Å². The van der Waals surface area contributed by atoms with Gasteiger partial charge in [0.05, 0.1) is 11.9 Å². The quantitative estimate of drug-likeness (QED) is 0.376. The fourth-order valence-electron chi connectivity index (χ4n) is 5.22. The van der Waals surface area contributed by atoms with Gasteiger partial charge in [0, 0.05) is 48.0 Å². The predicted octanol–water partition coefficient (Wildman–Crippen LogP) is 6.12. The van der Waals surface area contributed by atoms with Gasteiger partial charge in [0.1, 0.15) is 17.9 Å². The van der Waals surface area contributed by atoms with Crippen LogP contribution in [-0.2, 0) is 9.36 Å². The van der Waals surface area contributed by atoms with Gasteiger partial charge in [-0.1, -0.05) is 23.7 Å². The molecule has 0 atom stereocenters. The Labute approximate surface area is 217 Å². The van der Waals surface area contributed by atoms with Gasteiger partial charge in [0.25, 0.3) is 0 Å². The van der Waals surface area contributed by atoms with E-state index in [0.29, 0.717) is 33.7 Å². The number of aryl methyl sites for hydroxylation is 1. The number of hydrogen-bond donors (Lipinski definition) is 2. The number of nitrogens with one attached hydrogen (secondary N) is 2. The Kier molecular flexibility index (Phi) is 6.56. The Bertz CT molecular complexity index is 1350. The normalized spacial score (nSPS) is 17.1. The molecule has 9 heteroatoms. The maximum Gasteiger partial charge on any atom is 0.229 e. The van der Waals surface area contributed by atoms with E-state index in [4.69, 9.17) is 11.6 Å². The summed E-state index contributed by atoms with van der Waals surface area (Å²) in [5, 5.41) is 7.63. The zero-order chi connectivity index (χ0) is 25.5. The molecule has 1 spiro atoms. The highest BCUT2D eigenvalue weighted by atomic mass is 35.5. The molecule has 5 rings (SSSR count). The monoisotopic (exact) mass is 523 g/mol. The SMILES string of the molecule is Cc1cc(Nc2ncc(Cl)c(Nc3ccccc3P(C)(C)=O)n2)ccc1N1CC2(CCC(=O)CC2)C1. The van der Waals surface area contributed by atoms with E-state index < -0.39 is 7.14 Å². The highest BCUT2D eigenvalue weighted by Gasteiger charge is 2.45. The van der Waals surface area contributed by atoms with E-state index >= 15 is 0 Å². The predicted molar refractivity (Wildman–Crippen MR) is 148 cm³/mol. The number of halogens is 1. The van der Waals surface area contributed by atoms with Crippen LogP contribution in [0.4, 0.5) is 28.8 Å². The fourth-order valence-corrected chi connectivity index (χ4v) is 6.51. The lowest BCUT2D eigenvalue weighted by Crippen LogP contribution is -2.58. The molecule has 2 N–H and O–H groups in total. The Morgan fingerprint density at radius 1 is 1.06 bits per heavy atom. The van der Waals surface area contributed by atoms with Crippen LogP contribution in [0.2, 0.25) is 5.02 Å². The van der Waals surface area contributed by atoms with Crippen LogP contribution < -0.4 is 20.8 Å². The lowest BCUT2D eigenvalue weighted by atomic mass is 9.68. The summed E-state index contributed by atoms with van der Waals surface area (Å²) in [5.41, 5.74) is 4.31. The van der Waals surface area contributed by atoms with Gasteiger partial charge < -0.3 is 20.1 Å². The van der Waals surface area contributed by atoms with Crippen molar-refractivity contribution in [3.8, 4) is 0 Å². The third-order valence-corrected chi connectivity index (χ3v) is 9.02. The van der Waals surface area contributed by atoms with Gasteiger partial charge in [-0.3, -0.25) is 4.79 Å². The number of rotatable bonds is 6. The third-order valence-electron chi connectivity index (χ3n) is 7.20. The number of hydrogen-bond acceptors (Lipinski definition) is 7. The average Bonchev–Trinajstić information content (AvgIpc) is 2.81. The molecule has 0 unspecified atom stereocenters. The van der Waals surface area contributed by atoms with Gasteiger partial charge in [-0.15, -0.1) is 0 Å². The van der Waals surface area contributed by atoms with Crippen LogP contribution in [0.5, 0.6) is 0 Å². The zero-order valence-corrected chi connectivity index (χ0v) is 22.5. The number of carbonyl (C=O) groups excluding carboxylic acids is 1. The van der Waals surface area contributed by atoms with E-state index in [0.717, 1.165) is 49.8 Å². The van der Waals surface area contributed by atoms with Crippen molar-refractivity contribution in [2.75, 3.05) is 42.0 Å². The van der Waals surface area contributed by atoms with Gasteiger partial charge in [-0.2, -0.15) is 4.98 Å². The average molecular weight is 524 g/mol. The second-order valence-electron chi connectivity index (χ2n) is 10.4. The lowest BCUT2D eigenvalue weighted by Gasteiger charge is -2.53. The van der Waals surface area contributed by atoms with Crippen molar-refractivity contribution < 1.29 is 9.36 Å². The second-order valence-corrected chi connectivity index (χ2v) is 14.0. The number of benzene rings is 2. The van der Waals surface area contributed by atoms with Gasteiger partial charge in [0.15, 0.2) is 5.82 Å². The molecule has 36 heavy (non-hydrogen) atoms. The minimum atomic E-state index is -2.49. The first-order chi connectivity index (χ1) is 17.1. The van der Waals surface area contributed by atoms with E-state index in [1.54, 1.807) is 19.5 Å². The number of anilines is 5. The minimum Gasteiger partial charge on any atom is -0.370 e. The minimum absolute atomic E-state index is 0.319. The first-order valence-corrected chi connectivity index (χ1v) is 15.2. The Morgan fingerprint density at radius 2 is 1.78 bits per heavy atom. The fraction of sp³-hybridized carbons (Fsp3) is 0.370. The van der Waals surface area contributed by atoms with Gasteiger partial charge >= 0.3 is 0 Å². The van der Waals surface area contributed by atoms with Crippen LogP contribution in [0.1, 0.15) is 31.2 Å². The molecule has 1 saturated heterocycles. The third kappa shape index (κ3) is 5.14. The van der Waals surface area contributed by atoms with E-state index in [1.807, 2.05) is 30.3 Å². The molecule has 1 saturated carbocycles. The van der Waals surface area contributed by atoms with E-state index in [9.17, 15) is 9.36 Å². The number of Topliss-reactive ketones (excluding diaryl/α,β-unsaturated/α-hetero) is 1. The summed E-state index contributed by atoms with van der Waals surface area (Å²) in [5.74, 6) is 1.27. The summed E-state index contributed by atoms with van der Waals surface area (Å²) in [6.45, 7) is 7.63. The molecule has 1 aliphatic heterocycles. The van der Waals surface area contributed by atoms with Crippen molar-refractivity contribution in [2.24, 2.45) is 5.41 Å². The number of nitrogens with zero attached hydrogens (tertiary/aromatic N) is 3. The van der Waals surface area contributed by atoms with Gasteiger partial charge in [0.2, 0.25) is 5.95 Å². The number of para-hydroxylation sites is 1. The largest absolute Gasteiger partial charge is 0.370 e. The molecular weight excluding hydrogens is 493 g/mol. The molecular formula is C27H31ClN5O2P. The Morgan fingerprint density at radius 3 is 2.47 bits per heavy atom.